The van der Waals surface area contributed by atoms with Crippen molar-refractivity contribution in [3.05, 3.63) is 0 Å². The molecule has 0 bridgehead atoms. The SMILES string of the molecule is CN=C(NCCNC(=O)C(C)C)NCC1CCCS1.I. The lowest BCUT2D eigenvalue weighted by atomic mass is 10.2. The predicted octanol–water partition coefficient (Wildman–Crippen LogP) is 1.44. The second-order valence-corrected chi connectivity index (χ2v) is 6.37. The number of amides is 1. The summed E-state index contributed by atoms with van der Waals surface area (Å²) < 4.78 is 0. The minimum Gasteiger partial charge on any atom is -0.355 e. The molecule has 0 aromatic rings. The van der Waals surface area contributed by atoms with Crippen molar-refractivity contribution in [2.45, 2.75) is 31.9 Å². The van der Waals surface area contributed by atoms with Gasteiger partial charge in [-0.1, -0.05) is 13.8 Å². The zero-order valence-electron chi connectivity index (χ0n) is 12.6. The van der Waals surface area contributed by atoms with Gasteiger partial charge in [-0.15, -0.1) is 24.0 Å². The Morgan fingerprint density at radius 2 is 2.00 bits per heavy atom. The minimum atomic E-state index is 0. The molecule has 20 heavy (non-hydrogen) atoms. The first-order valence-corrected chi connectivity index (χ1v) is 8.02. The zero-order chi connectivity index (χ0) is 14.1. The van der Waals surface area contributed by atoms with Crippen LogP contribution in [-0.4, -0.2) is 49.6 Å². The van der Waals surface area contributed by atoms with E-state index in [4.69, 9.17) is 0 Å². The van der Waals surface area contributed by atoms with Crippen LogP contribution in [0.1, 0.15) is 26.7 Å². The summed E-state index contributed by atoms with van der Waals surface area (Å²) in [6.45, 7) is 6.06. The molecule has 1 atom stereocenters. The summed E-state index contributed by atoms with van der Waals surface area (Å²) in [6, 6.07) is 0. The number of carbonyl (C=O) groups excluding carboxylic acids is 1. The van der Waals surface area contributed by atoms with Crippen LogP contribution < -0.4 is 16.0 Å². The first-order chi connectivity index (χ1) is 9.13. The zero-order valence-corrected chi connectivity index (χ0v) is 15.7. The molecular weight excluding hydrogens is 387 g/mol. The van der Waals surface area contributed by atoms with Gasteiger partial charge in [0, 0.05) is 37.8 Å². The number of nitrogens with one attached hydrogen (secondary N) is 3. The van der Waals surface area contributed by atoms with Gasteiger partial charge in [-0.3, -0.25) is 9.79 Å². The lowest BCUT2D eigenvalue weighted by Gasteiger charge is -2.15. The fourth-order valence-electron chi connectivity index (χ4n) is 1.81. The van der Waals surface area contributed by atoms with E-state index in [9.17, 15) is 4.79 Å². The van der Waals surface area contributed by atoms with E-state index in [0.717, 1.165) is 12.5 Å². The summed E-state index contributed by atoms with van der Waals surface area (Å²) in [7, 11) is 1.77. The minimum absolute atomic E-state index is 0. The van der Waals surface area contributed by atoms with E-state index < -0.39 is 0 Å². The fraction of sp³-hybridized carbons (Fsp3) is 0.846. The molecule has 0 radical (unpaired) electrons. The Bertz CT molecular complexity index is 307. The molecule has 1 rings (SSSR count). The highest BCUT2D eigenvalue weighted by atomic mass is 127. The van der Waals surface area contributed by atoms with E-state index in [1.165, 1.54) is 18.6 Å². The maximum atomic E-state index is 11.4. The molecule has 5 nitrogen and oxygen atoms in total. The van der Waals surface area contributed by atoms with Gasteiger partial charge in [-0.2, -0.15) is 11.8 Å². The van der Waals surface area contributed by atoms with Gasteiger partial charge in [0.25, 0.3) is 0 Å². The van der Waals surface area contributed by atoms with Crippen molar-refractivity contribution in [1.29, 1.82) is 0 Å². The Balaban J connectivity index is 0.00000361. The monoisotopic (exact) mass is 414 g/mol. The van der Waals surface area contributed by atoms with E-state index in [0.29, 0.717) is 18.3 Å². The van der Waals surface area contributed by atoms with Crippen LogP contribution in [0.3, 0.4) is 0 Å². The van der Waals surface area contributed by atoms with Crippen LogP contribution in [0.15, 0.2) is 4.99 Å². The van der Waals surface area contributed by atoms with E-state index in [2.05, 4.69) is 20.9 Å². The smallest absolute Gasteiger partial charge is 0.222 e. The largest absolute Gasteiger partial charge is 0.355 e. The summed E-state index contributed by atoms with van der Waals surface area (Å²) in [5.41, 5.74) is 0. The van der Waals surface area contributed by atoms with E-state index >= 15 is 0 Å². The van der Waals surface area contributed by atoms with Gasteiger partial charge < -0.3 is 16.0 Å². The molecule has 0 aromatic carbocycles. The predicted molar refractivity (Wildman–Crippen MR) is 98.1 cm³/mol. The molecule has 1 unspecified atom stereocenters. The molecule has 0 aliphatic carbocycles. The quantitative estimate of drug-likeness (QED) is 0.266. The van der Waals surface area contributed by atoms with E-state index in [1.54, 1.807) is 7.05 Å². The van der Waals surface area contributed by atoms with Gasteiger partial charge in [-0.25, -0.2) is 0 Å². The van der Waals surface area contributed by atoms with Crippen molar-refractivity contribution < 1.29 is 4.79 Å². The number of hydrogen-bond acceptors (Lipinski definition) is 3. The topological polar surface area (TPSA) is 65.5 Å². The standard InChI is InChI=1S/C13H26N4OS.HI/c1-10(2)12(18)15-6-7-16-13(14-3)17-9-11-5-4-8-19-11;/h10-11H,4-9H2,1-3H3,(H,15,18)(H2,14,16,17);1H. The number of rotatable bonds is 6. The van der Waals surface area contributed by atoms with Crippen LogP contribution in [-0.2, 0) is 4.79 Å². The van der Waals surface area contributed by atoms with Crippen molar-refractivity contribution >= 4 is 47.6 Å². The lowest BCUT2D eigenvalue weighted by molar-refractivity contribution is -0.123. The highest BCUT2D eigenvalue weighted by Crippen LogP contribution is 2.25. The number of guanidine groups is 1. The molecule has 1 heterocycles. The molecule has 0 saturated carbocycles. The van der Waals surface area contributed by atoms with Crippen molar-refractivity contribution in [1.82, 2.24) is 16.0 Å². The van der Waals surface area contributed by atoms with Gasteiger partial charge in [0.15, 0.2) is 5.96 Å². The number of aliphatic imine (C=N–C) groups is 1. The Hall–Kier alpha value is -0.180. The van der Waals surface area contributed by atoms with Crippen molar-refractivity contribution in [3.63, 3.8) is 0 Å². The second kappa shape index (κ2) is 11.5. The Kier molecular flexibility index (Phi) is 11.4. The van der Waals surface area contributed by atoms with E-state index in [1.807, 2.05) is 25.6 Å². The first-order valence-electron chi connectivity index (χ1n) is 6.97. The van der Waals surface area contributed by atoms with E-state index in [-0.39, 0.29) is 35.8 Å². The molecule has 1 amide bonds. The summed E-state index contributed by atoms with van der Waals surface area (Å²) >= 11 is 2.03. The molecule has 7 heteroatoms. The average Bonchev–Trinajstić information content (AvgIpc) is 2.90. The summed E-state index contributed by atoms with van der Waals surface area (Å²) in [6.07, 6.45) is 2.61. The molecule has 0 spiro atoms. The van der Waals surface area contributed by atoms with Crippen molar-refractivity contribution in [3.8, 4) is 0 Å². The molecule has 1 aliphatic heterocycles. The third kappa shape index (κ3) is 8.18. The van der Waals surface area contributed by atoms with Gasteiger partial charge in [0.2, 0.25) is 5.91 Å². The average molecular weight is 414 g/mol. The third-order valence-electron chi connectivity index (χ3n) is 2.99. The van der Waals surface area contributed by atoms with Crippen LogP contribution in [0.4, 0.5) is 0 Å². The summed E-state index contributed by atoms with van der Waals surface area (Å²) in [5, 5.41) is 10.1. The fourth-order valence-corrected chi connectivity index (χ4v) is 3.01. The van der Waals surface area contributed by atoms with Crippen molar-refractivity contribution in [2.24, 2.45) is 10.9 Å². The van der Waals surface area contributed by atoms with Crippen LogP contribution in [0.25, 0.3) is 0 Å². The number of hydrogen-bond donors (Lipinski definition) is 3. The van der Waals surface area contributed by atoms with Gasteiger partial charge in [-0.05, 0) is 18.6 Å². The molecule has 118 valence electrons. The number of nitrogens with zero attached hydrogens (tertiary/aromatic N) is 1. The van der Waals surface area contributed by atoms with Gasteiger partial charge >= 0.3 is 0 Å². The normalized spacial score (nSPS) is 18.6. The lowest BCUT2D eigenvalue weighted by Crippen LogP contribution is -2.43. The number of carbonyl (C=O) groups is 1. The highest BCUT2D eigenvalue weighted by molar-refractivity contribution is 14.0. The highest BCUT2D eigenvalue weighted by Gasteiger charge is 2.15. The number of halogens is 1. The van der Waals surface area contributed by atoms with Crippen LogP contribution in [0, 0.1) is 5.92 Å². The molecule has 1 aliphatic rings. The molecule has 1 saturated heterocycles. The van der Waals surface area contributed by atoms with Gasteiger partial charge in [0.1, 0.15) is 0 Å². The molecular formula is C13H27IN4OS. The van der Waals surface area contributed by atoms with Crippen LogP contribution in [0.2, 0.25) is 0 Å². The van der Waals surface area contributed by atoms with Crippen molar-refractivity contribution in [2.75, 3.05) is 32.4 Å². The number of thioether (sulfide) groups is 1. The third-order valence-corrected chi connectivity index (χ3v) is 4.38. The second-order valence-electron chi connectivity index (χ2n) is 4.96. The Morgan fingerprint density at radius 3 is 2.55 bits per heavy atom. The first kappa shape index (κ1) is 19.8. The van der Waals surface area contributed by atoms with Crippen LogP contribution >= 0.6 is 35.7 Å². The maximum Gasteiger partial charge on any atom is 0.222 e. The van der Waals surface area contributed by atoms with Gasteiger partial charge in [0.05, 0.1) is 0 Å². The van der Waals surface area contributed by atoms with Crippen LogP contribution in [0.5, 0.6) is 0 Å². The Morgan fingerprint density at radius 1 is 1.30 bits per heavy atom. The maximum absolute atomic E-state index is 11.4. The molecule has 1 fully saturated rings. The summed E-state index contributed by atoms with van der Waals surface area (Å²) in [4.78, 5) is 15.5. The molecule has 3 N–H and O–H groups in total. The summed E-state index contributed by atoms with van der Waals surface area (Å²) in [5.74, 6) is 2.22. The molecule has 0 aromatic heterocycles. The Labute approximate surface area is 143 Å².